The quantitative estimate of drug-likeness (QED) is 0.801. The summed E-state index contributed by atoms with van der Waals surface area (Å²) >= 11 is 1.35. The molecule has 1 aliphatic heterocycles. The van der Waals surface area contributed by atoms with E-state index in [4.69, 9.17) is 9.47 Å². The Kier molecular flexibility index (Phi) is 5.27. The normalized spacial score (nSPS) is 18.8. The number of esters is 1. The molecule has 5 nitrogen and oxygen atoms in total. The van der Waals surface area contributed by atoms with Gasteiger partial charge >= 0.3 is 5.97 Å². The molecule has 0 spiro atoms. The van der Waals surface area contributed by atoms with Crippen molar-refractivity contribution < 1.29 is 19.1 Å². The van der Waals surface area contributed by atoms with Crippen molar-refractivity contribution in [2.75, 3.05) is 19.0 Å². The monoisotopic (exact) mass is 385 g/mol. The minimum Gasteiger partial charge on any atom is -0.465 e. The van der Waals surface area contributed by atoms with E-state index >= 15 is 0 Å². The average Bonchev–Trinajstić information content (AvgIpc) is 3.37. The van der Waals surface area contributed by atoms with Crippen LogP contribution < -0.4 is 5.32 Å². The number of fused-ring (bicyclic) bond motifs is 1. The number of thiophene rings is 1. The van der Waals surface area contributed by atoms with Crippen molar-refractivity contribution in [1.29, 1.82) is 0 Å². The maximum Gasteiger partial charge on any atom is 0.341 e. The molecule has 1 aliphatic carbocycles. The second-order valence-electron chi connectivity index (χ2n) is 7.03. The fourth-order valence-electron chi connectivity index (χ4n) is 3.84. The molecule has 27 heavy (non-hydrogen) atoms. The second kappa shape index (κ2) is 7.82. The third kappa shape index (κ3) is 3.64. The summed E-state index contributed by atoms with van der Waals surface area (Å²) in [6, 6.07) is 6.40. The predicted octanol–water partition coefficient (Wildman–Crippen LogP) is 4.20. The lowest BCUT2D eigenvalue weighted by atomic mass is 9.89. The number of carbonyl (C=O) groups is 2. The van der Waals surface area contributed by atoms with Crippen LogP contribution in [0.15, 0.2) is 23.6 Å². The molecule has 1 aromatic heterocycles. The lowest BCUT2D eigenvalue weighted by Gasteiger charge is -2.17. The van der Waals surface area contributed by atoms with Crippen molar-refractivity contribution in [1.82, 2.24) is 0 Å². The lowest BCUT2D eigenvalue weighted by molar-refractivity contribution is -0.124. The summed E-state index contributed by atoms with van der Waals surface area (Å²) in [6.07, 6.45) is 5.78. The number of anilines is 1. The van der Waals surface area contributed by atoms with Gasteiger partial charge in [0.1, 0.15) is 16.7 Å². The smallest absolute Gasteiger partial charge is 0.341 e. The van der Waals surface area contributed by atoms with Crippen molar-refractivity contribution in [3.63, 3.8) is 0 Å². The Bertz CT molecular complexity index is 867. The topological polar surface area (TPSA) is 64.6 Å². The second-order valence-corrected chi connectivity index (χ2v) is 7.91. The number of rotatable bonds is 4. The highest BCUT2D eigenvalue weighted by Crippen LogP contribution is 2.38. The van der Waals surface area contributed by atoms with Gasteiger partial charge in [0.25, 0.3) is 5.91 Å². The standard InChI is InChI=1S/C21H23NO4S/c1-25-21(24)18-16(15-9-8-13-5-2-3-6-14(13)11-15)12-27-20(18)22-19(23)17-7-4-10-26-17/h8-9,11-12,17H,2-7,10H2,1H3,(H,22,23)/t17-/m0/s1. The highest BCUT2D eigenvalue weighted by molar-refractivity contribution is 7.15. The fourth-order valence-corrected chi connectivity index (χ4v) is 4.81. The summed E-state index contributed by atoms with van der Waals surface area (Å²) in [4.78, 5) is 24.9. The van der Waals surface area contributed by atoms with Crippen LogP contribution >= 0.6 is 11.3 Å². The third-order valence-electron chi connectivity index (χ3n) is 5.30. The molecule has 0 radical (unpaired) electrons. The molecular weight excluding hydrogens is 362 g/mol. The van der Waals surface area contributed by atoms with Gasteiger partial charge in [-0.2, -0.15) is 0 Å². The summed E-state index contributed by atoms with van der Waals surface area (Å²) in [6.45, 7) is 0.604. The maximum atomic E-state index is 12.5. The van der Waals surface area contributed by atoms with Crippen LogP contribution in [0.4, 0.5) is 5.00 Å². The van der Waals surface area contributed by atoms with Gasteiger partial charge in [-0.25, -0.2) is 4.79 Å². The van der Waals surface area contributed by atoms with Crippen LogP contribution in [0.3, 0.4) is 0 Å². The van der Waals surface area contributed by atoms with E-state index in [2.05, 4.69) is 23.5 Å². The molecule has 142 valence electrons. The minimum atomic E-state index is -0.440. The zero-order valence-corrected chi connectivity index (χ0v) is 16.2. The Morgan fingerprint density at radius 3 is 2.74 bits per heavy atom. The summed E-state index contributed by atoms with van der Waals surface area (Å²) in [7, 11) is 1.36. The van der Waals surface area contributed by atoms with Crippen molar-refractivity contribution in [2.24, 2.45) is 0 Å². The molecule has 4 rings (SSSR count). The SMILES string of the molecule is COC(=O)c1c(-c2ccc3c(c2)CCCC3)csc1NC(=O)[C@@H]1CCCO1. The lowest BCUT2D eigenvalue weighted by Crippen LogP contribution is -2.27. The molecule has 0 unspecified atom stereocenters. The Morgan fingerprint density at radius 1 is 1.19 bits per heavy atom. The van der Waals surface area contributed by atoms with Crippen LogP contribution in [0, 0.1) is 0 Å². The molecule has 2 aromatic rings. The molecular formula is C21H23NO4S. The number of hydrogen-bond acceptors (Lipinski definition) is 5. The Morgan fingerprint density at radius 2 is 2.00 bits per heavy atom. The molecule has 1 amide bonds. The molecule has 1 N–H and O–H groups in total. The molecule has 0 bridgehead atoms. The molecule has 1 fully saturated rings. The van der Waals surface area contributed by atoms with Gasteiger partial charge in [-0.1, -0.05) is 18.2 Å². The Balaban J connectivity index is 1.67. The number of hydrogen-bond donors (Lipinski definition) is 1. The summed E-state index contributed by atoms with van der Waals surface area (Å²) in [5.41, 5.74) is 4.97. The predicted molar refractivity (Wildman–Crippen MR) is 105 cm³/mol. The molecule has 0 saturated carbocycles. The van der Waals surface area contributed by atoms with Crippen molar-refractivity contribution >= 4 is 28.2 Å². The summed E-state index contributed by atoms with van der Waals surface area (Å²) in [5.74, 6) is -0.636. The number of methoxy groups -OCH3 is 1. The number of aryl methyl sites for hydroxylation is 2. The van der Waals surface area contributed by atoms with Gasteiger partial charge in [0, 0.05) is 17.6 Å². The zero-order valence-electron chi connectivity index (χ0n) is 15.4. The van der Waals surface area contributed by atoms with E-state index in [-0.39, 0.29) is 5.91 Å². The number of carbonyl (C=O) groups excluding carboxylic acids is 2. The van der Waals surface area contributed by atoms with E-state index in [0.717, 1.165) is 30.4 Å². The van der Waals surface area contributed by atoms with Gasteiger partial charge in [0.05, 0.1) is 7.11 Å². The molecule has 1 saturated heterocycles. The number of ether oxygens (including phenoxy) is 2. The first kappa shape index (κ1) is 18.2. The molecule has 6 heteroatoms. The van der Waals surface area contributed by atoms with Gasteiger partial charge in [-0.15, -0.1) is 11.3 Å². The summed E-state index contributed by atoms with van der Waals surface area (Å²) < 4.78 is 10.4. The third-order valence-corrected chi connectivity index (χ3v) is 6.19. The largest absolute Gasteiger partial charge is 0.465 e. The van der Waals surface area contributed by atoms with Crippen molar-refractivity contribution in [3.8, 4) is 11.1 Å². The maximum absolute atomic E-state index is 12.5. The fraction of sp³-hybridized carbons (Fsp3) is 0.429. The highest BCUT2D eigenvalue weighted by Gasteiger charge is 2.28. The van der Waals surface area contributed by atoms with E-state index in [0.29, 0.717) is 23.6 Å². The van der Waals surface area contributed by atoms with Gasteiger partial charge in [0.15, 0.2) is 0 Å². The van der Waals surface area contributed by atoms with Gasteiger partial charge in [-0.3, -0.25) is 4.79 Å². The molecule has 2 heterocycles. The van der Waals surface area contributed by atoms with Crippen LogP contribution in [0.25, 0.3) is 11.1 Å². The number of benzene rings is 1. The summed E-state index contributed by atoms with van der Waals surface area (Å²) in [5, 5.41) is 5.32. The minimum absolute atomic E-state index is 0.198. The Labute approximate surface area is 162 Å². The van der Waals surface area contributed by atoms with Crippen LogP contribution in [0.5, 0.6) is 0 Å². The first-order valence-electron chi connectivity index (χ1n) is 9.42. The number of nitrogens with one attached hydrogen (secondary N) is 1. The molecule has 1 atom stereocenters. The van der Waals surface area contributed by atoms with E-state index < -0.39 is 12.1 Å². The van der Waals surface area contributed by atoms with Crippen LogP contribution in [0.2, 0.25) is 0 Å². The van der Waals surface area contributed by atoms with Gasteiger partial charge in [-0.05, 0) is 55.2 Å². The zero-order chi connectivity index (χ0) is 18.8. The van der Waals surface area contributed by atoms with E-state index in [1.54, 1.807) is 0 Å². The van der Waals surface area contributed by atoms with Crippen LogP contribution in [-0.2, 0) is 27.1 Å². The first-order chi connectivity index (χ1) is 13.2. The van der Waals surface area contributed by atoms with E-state index in [1.807, 2.05) is 5.38 Å². The molecule has 1 aromatic carbocycles. The van der Waals surface area contributed by atoms with Gasteiger partial charge in [0.2, 0.25) is 0 Å². The van der Waals surface area contributed by atoms with Crippen molar-refractivity contribution in [2.45, 2.75) is 44.6 Å². The Hall–Kier alpha value is -2.18. The molecule has 2 aliphatic rings. The highest BCUT2D eigenvalue weighted by atomic mass is 32.1. The first-order valence-corrected chi connectivity index (χ1v) is 10.3. The average molecular weight is 385 g/mol. The number of amides is 1. The van der Waals surface area contributed by atoms with Crippen LogP contribution in [-0.4, -0.2) is 31.7 Å². The van der Waals surface area contributed by atoms with Crippen molar-refractivity contribution in [3.05, 3.63) is 40.3 Å². The van der Waals surface area contributed by atoms with Gasteiger partial charge < -0.3 is 14.8 Å². The van der Waals surface area contributed by atoms with E-state index in [9.17, 15) is 9.59 Å². The van der Waals surface area contributed by atoms with Crippen LogP contribution in [0.1, 0.15) is 47.2 Å². The van der Waals surface area contributed by atoms with E-state index in [1.165, 1.54) is 42.4 Å².